The fraction of sp³-hybridized carbons (Fsp3) is 0.429. The molecular weight excluding hydrogens is 368 g/mol. The number of aromatic hydroxyl groups is 1. The second-order valence-electron chi connectivity index (χ2n) is 8.97. The highest BCUT2D eigenvalue weighted by Crippen LogP contribution is 2.40. The predicted octanol–water partition coefficient (Wildman–Crippen LogP) is 6.43. The largest absolute Gasteiger partial charge is 0.508 e. The monoisotopic (exact) mass is 404 g/mol. The van der Waals surface area contributed by atoms with Gasteiger partial charge in [-0.25, -0.2) is 0 Å². The van der Waals surface area contributed by atoms with Crippen LogP contribution in [-0.2, 0) is 5.41 Å². The zero-order valence-corrected chi connectivity index (χ0v) is 19.3. The summed E-state index contributed by atoms with van der Waals surface area (Å²) in [6.45, 7) is 16.2. The lowest BCUT2D eigenvalue weighted by molar-refractivity contribution is 0.101. The molecule has 2 rings (SSSR count). The van der Waals surface area contributed by atoms with E-state index in [0.29, 0.717) is 12.2 Å². The average molecular weight is 405 g/mol. The van der Waals surface area contributed by atoms with Crippen molar-refractivity contribution < 1.29 is 10.2 Å². The summed E-state index contributed by atoms with van der Waals surface area (Å²) in [5, 5.41) is 20.4. The van der Waals surface area contributed by atoms with E-state index < -0.39 is 6.10 Å². The number of aliphatic hydroxyl groups excluding tert-OH is 1. The molecule has 0 aliphatic rings. The van der Waals surface area contributed by atoms with Crippen LogP contribution in [0, 0.1) is 31.1 Å². The number of benzene rings is 2. The summed E-state index contributed by atoms with van der Waals surface area (Å²) >= 11 is 0. The lowest BCUT2D eigenvalue weighted by Crippen LogP contribution is -2.27. The molecule has 0 saturated carbocycles. The van der Waals surface area contributed by atoms with Crippen LogP contribution >= 0.6 is 0 Å². The van der Waals surface area contributed by atoms with Gasteiger partial charge in [-0.15, -0.1) is 6.58 Å². The number of allylic oxidation sites excluding steroid dienone is 1. The van der Waals surface area contributed by atoms with E-state index in [4.69, 9.17) is 0 Å². The normalized spacial score (nSPS) is 12.8. The minimum atomic E-state index is -0.708. The van der Waals surface area contributed by atoms with E-state index >= 15 is 0 Å². The maximum absolute atomic E-state index is 10.5. The number of aryl methyl sites for hydroxylation is 2. The van der Waals surface area contributed by atoms with Crippen molar-refractivity contribution in [3.8, 4) is 17.6 Å². The number of rotatable bonds is 7. The van der Waals surface area contributed by atoms with E-state index in [-0.39, 0.29) is 10.8 Å². The van der Waals surface area contributed by atoms with E-state index in [0.717, 1.165) is 29.5 Å². The third-order valence-electron chi connectivity index (χ3n) is 6.49. The van der Waals surface area contributed by atoms with Gasteiger partial charge in [0.2, 0.25) is 0 Å². The molecular formula is C28H36O2. The summed E-state index contributed by atoms with van der Waals surface area (Å²) in [6.07, 6.45) is 3.76. The maximum Gasteiger partial charge on any atom is 0.120 e. The summed E-state index contributed by atoms with van der Waals surface area (Å²) in [5.41, 5.74) is 5.00. The summed E-state index contributed by atoms with van der Waals surface area (Å²) in [5.74, 6) is 6.54. The molecule has 0 heterocycles. The summed E-state index contributed by atoms with van der Waals surface area (Å²) in [4.78, 5) is 0. The highest BCUT2D eigenvalue weighted by Gasteiger charge is 2.31. The molecule has 0 radical (unpaired) electrons. The van der Waals surface area contributed by atoms with E-state index in [1.807, 2.05) is 32.9 Å². The van der Waals surface area contributed by atoms with Gasteiger partial charge in [-0.05, 0) is 67.5 Å². The van der Waals surface area contributed by atoms with Crippen molar-refractivity contribution in [2.45, 2.75) is 72.3 Å². The Hall–Kier alpha value is -2.50. The van der Waals surface area contributed by atoms with Crippen LogP contribution in [0.5, 0.6) is 5.75 Å². The first-order valence-electron chi connectivity index (χ1n) is 10.8. The predicted molar refractivity (Wildman–Crippen MR) is 127 cm³/mol. The van der Waals surface area contributed by atoms with Gasteiger partial charge in [0.25, 0.3) is 0 Å². The second kappa shape index (κ2) is 9.54. The third kappa shape index (κ3) is 4.79. The fourth-order valence-corrected chi connectivity index (χ4v) is 4.11. The summed E-state index contributed by atoms with van der Waals surface area (Å²) in [6, 6.07) is 12.4. The van der Waals surface area contributed by atoms with E-state index in [1.165, 1.54) is 11.1 Å². The molecule has 0 amide bonds. The smallest absolute Gasteiger partial charge is 0.120 e. The van der Waals surface area contributed by atoms with Gasteiger partial charge in [0.05, 0.1) is 0 Å². The van der Waals surface area contributed by atoms with E-state index in [2.05, 4.69) is 63.5 Å². The molecule has 0 aromatic heterocycles. The third-order valence-corrected chi connectivity index (χ3v) is 6.49. The average Bonchev–Trinajstić information content (AvgIpc) is 2.71. The van der Waals surface area contributed by atoms with Crippen molar-refractivity contribution in [2.75, 3.05) is 0 Å². The molecule has 2 nitrogen and oxygen atoms in total. The SMILES string of the molecule is C=CCC(C)(C)C(O)C#Cc1ccc(C(CC)(CC)c2ccc(O)c(C)c2)cc1C. The first-order valence-corrected chi connectivity index (χ1v) is 10.8. The van der Waals surface area contributed by atoms with Gasteiger partial charge < -0.3 is 10.2 Å². The standard InChI is InChI=1S/C28H36O2/c1-8-17-27(6,7)26(30)16-12-22-11-13-23(18-20(22)4)28(9-2,10-3)24-14-15-25(29)21(5)19-24/h8,11,13-15,18-19,26,29-30H,1,9-10,17H2,2-7H3. The molecule has 0 spiro atoms. The van der Waals surface area contributed by atoms with Crippen molar-refractivity contribution in [3.63, 3.8) is 0 Å². The quantitative estimate of drug-likeness (QED) is 0.412. The lowest BCUT2D eigenvalue weighted by atomic mass is 9.70. The van der Waals surface area contributed by atoms with Crippen LogP contribution < -0.4 is 0 Å². The first kappa shape index (κ1) is 23.8. The second-order valence-corrected chi connectivity index (χ2v) is 8.97. The van der Waals surface area contributed by atoms with Crippen LogP contribution in [0.15, 0.2) is 49.1 Å². The van der Waals surface area contributed by atoms with Gasteiger partial charge in [0.1, 0.15) is 11.9 Å². The summed E-state index contributed by atoms with van der Waals surface area (Å²) in [7, 11) is 0. The topological polar surface area (TPSA) is 40.5 Å². The van der Waals surface area contributed by atoms with Gasteiger partial charge >= 0.3 is 0 Å². The molecule has 0 aliphatic carbocycles. The molecule has 0 saturated heterocycles. The number of hydrogen-bond acceptors (Lipinski definition) is 2. The van der Waals surface area contributed by atoms with Crippen molar-refractivity contribution >= 4 is 0 Å². The highest BCUT2D eigenvalue weighted by molar-refractivity contribution is 5.49. The van der Waals surface area contributed by atoms with Crippen LogP contribution in [0.3, 0.4) is 0 Å². The Labute approximate surface area is 182 Å². The number of aliphatic hydroxyl groups is 1. The Morgan fingerprint density at radius 1 is 1.00 bits per heavy atom. The Kier molecular flexibility index (Phi) is 7.56. The van der Waals surface area contributed by atoms with Gasteiger partial charge in [0, 0.05) is 16.4 Å². The van der Waals surface area contributed by atoms with E-state index in [9.17, 15) is 10.2 Å². The number of phenols is 1. The van der Waals surface area contributed by atoms with Crippen molar-refractivity contribution in [1.82, 2.24) is 0 Å². The van der Waals surface area contributed by atoms with Crippen molar-refractivity contribution in [1.29, 1.82) is 0 Å². The van der Waals surface area contributed by atoms with Gasteiger partial charge in [-0.2, -0.15) is 0 Å². The van der Waals surface area contributed by atoms with Crippen molar-refractivity contribution in [3.05, 3.63) is 76.9 Å². The van der Waals surface area contributed by atoms with Crippen LogP contribution in [0.2, 0.25) is 0 Å². The minimum absolute atomic E-state index is 0.110. The number of phenolic OH excluding ortho intramolecular Hbond substituents is 1. The Bertz CT molecular complexity index is 952. The highest BCUT2D eigenvalue weighted by atomic mass is 16.3. The first-order chi connectivity index (χ1) is 14.1. The fourth-order valence-electron chi connectivity index (χ4n) is 4.11. The van der Waals surface area contributed by atoms with Crippen LogP contribution in [-0.4, -0.2) is 16.3 Å². The van der Waals surface area contributed by atoms with E-state index in [1.54, 1.807) is 6.07 Å². The zero-order valence-electron chi connectivity index (χ0n) is 19.3. The Morgan fingerprint density at radius 2 is 1.57 bits per heavy atom. The molecule has 1 unspecified atom stereocenters. The van der Waals surface area contributed by atoms with Gasteiger partial charge in [-0.3, -0.25) is 0 Å². The molecule has 2 aromatic carbocycles. The lowest BCUT2D eigenvalue weighted by Gasteiger charge is -2.34. The molecule has 0 aliphatic heterocycles. The zero-order chi connectivity index (χ0) is 22.5. The molecule has 2 N–H and O–H groups in total. The summed E-state index contributed by atoms with van der Waals surface area (Å²) < 4.78 is 0. The van der Waals surface area contributed by atoms with Gasteiger partial charge in [0.15, 0.2) is 0 Å². The maximum atomic E-state index is 10.5. The molecule has 0 fully saturated rings. The molecule has 2 heteroatoms. The van der Waals surface area contributed by atoms with Gasteiger partial charge in [-0.1, -0.05) is 69.9 Å². The minimum Gasteiger partial charge on any atom is -0.508 e. The molecule has 0 bridgehead atoms. The number of hydrogen-bond donors (Lipinski definition) is 2. The molecule has 2 aromatic rings. The molecule has 30 heavy (non-hydrogen) atoms. The molecule has 1 atom stereocenters. The van der Waals surface area contributed by atoms with Crippen LogP contribution in [0.25, 0.3) is 0 Å². The van der Waals surface area contributed by atoms with Crippen LogP contribution in [0.4, 0.5) is 0 Å². The Morgan fingerprint density at radius 3 is 2.07 bits per heavy atom. The Balaban J connectivity index is 2.44. The molecule has 160 valence electrons. The van der Waals surface area contributed by atoms with Crippen molar-refractivity contribution in [2.24, 2.45) is 5.41 Å². The van der Waals surface area contributed by atoms with Crippen LogP contribution in [0.1, 0.15) is 74.8 Å².